The van der Waals surface area contributed by atoms with Gasteiger partial charge in [-0.3, -0.25) is 4.79 Å². The molecule has 2 aromatic rings. The van der Waals surface area contributed by atoms with E-state index in [1.165, 1.54) is 12.1 Å². The fraction of sp³-hybridized carbons (Fsp3) is 0.200. The molecule has 0 bridgehead atoms. The number of aliphatic hydroxyl groups is 1. The monoisotopic (exact) mass is 291 g/mol. The van der Waals surface area contributed by atoms with E-state index in [1.807, 2.05) is 0 Å². The first-order chi connectivity index (χ1) is 10.0. The highest BCUT2D eigenvalue weighted by atomic mass is 19.1. The smallest absolute Gasteiger partial charge is 0.326 e. The van der Waals surface area contributed by atoms with Gasteiger partial charge in [0.05, 0.1) is 0 Å². The van der Waals surface area contributed by atoms with Crippen molar-refractivity contribution >= 4 is 22.6 Å². The van der Waals surface area contributed by atoms with E-state index < -0.39 is 23.7 Å². The molecule has 0 heterocycles. The van der Waals surface area contributed by atoms with Crippen LogP contribution in [0.4, 0.5) is 4.39 Å². The average molecular weight is 291 g/mol. The van der Waals surface area contributed by atoms with Gasteiger partial charge in [-0.15, -0.1) is 0 Å². The molecule has 2 aromatic carbocycles. The number of fused-ring (bicyclic) bond motifs is 1. The van der Waals surface area contributed by atoms with Gasteiger partial charge in [0, 0.05) is 24.0 Å². The lowest BCUT2D eigenvalue weighted by molar-refractivity contribution is -0.139. The van der Waals surface area contributed by atoms with Crippen LogP contribution in [0.15, 0.2) is 36.4 Å². The zero-order chi connectivity index (χ0) is 15.4. The molecule has 0 saturated carbocycles. The topological polar surface area (TPSA) is 86.6 Å². The van der Waals surface area contributed by atoms with Crippen LogP contribution in [-0.4, -0.2) is 34.7 Å². The molecule has 5 nitrogen and oxygen atoms in total. The van der Waals surface area contributed by atoms with Gasteiger partial charge >= 0.3 is 5.97 Å². The summed E-state index contributed by atoms with van der Waals surface area (Å²) in [6.45, 7) is -0.360. The van der Waals surface area contributed by atoms with E-state index in [9.17, 15) is 14.0 Å². The Morgan fingerprint density at radius 2 is 1.81 bits per heavy atom. The second-order valence-electron chi connectivity index (χ2n) is 4.52. The number of aliphatic hydroxyl groups excluding tert-OH is 1. The second-order valence-corrected chi connectivity index (χ2v) is 4.52. The summed E-state index contributed by atoms with van der Waals surface area (Å²) in [5.41, 5.74) is 0.191. The van der Waals surface area contributed by atoms with E-state index in [1.54, 1.807) is 24.3 Å². The number of carboxylic acids is 1. The van der Waals surface area contributed by atoms with Crippen molar-refractivity contribution < 1.29 is 24.2 Å². The fourth-order valence-corrected chi connectivity index (χ4v) is 2.08. The summed E-state index contributed by atoms with van der Waals surface area (Å²) in [7, 11) is 0. The number of carbonyl (C=O) groups excluding carboxylic acids is 1. The summed E-state index contributed by atoms with van der Waals surface area (Å²) in [5, 5.41) is 20.8. The molecule has 1 amide bonds. The van der Waals surface area contributed by atoms with Gasteiger partial charge in [-0.05, 0) is 17.5 Å². The van der Waals surface area contributed by atoms with Gasteiger partial charge in [0.2, 0.25) is 0 Å². The maximum atomic E-state index is 13.7. The van der Waals surface area contributed by atoms with E-state index >= 15 is 0 Å². The molecule has 3 N–H and O–H groups in total. The first kappa shape index (κ1) is 14.9. The SMILES string of the molecule is O=C(NC(CCO)C(=O)O)c1ccc(F)c2ccccc12. The van der Waals surface area contributed by atoms with Gasteiger partial charge in [0.15, 0.2) is 0 Å². The normalized spacial score (nSPS) is 12.1. The zero-order valence-corrected chi connectivity index (χ0v) is 11.0. The predicted molar refractivity (Wildman–Crippen MR) is 74.5 cm³/mol. The number of aliphatic carboxylic acids is 1. The van der Waals surface area contributed by atoms with Crippen LogP contribution in [0.3, 0.4) is 0 Å². The van der Waals surface area contributed by atoms with E-state index in [4.69, 9.17) is 10.2 Å². The van der Waals surface area contributed by atoms with Crippen molar-refractivity contribution in [2.24, 2.45) is 0 Å². The number of carboxylic acid groups (broad SMARTS) is 1. The van der Waals surface area contributed by atoms with Gasteiger partial charge in [-0.25, -0.2) is 9.18 Å². The molecule has 0 saturated heterocycles. The Bertz CT molecular complexity index is 686. The Morgan fingerprint density at radius 3 is 2.43 bits per heavy atom. The van der Waals surface area contributed by atoms with Gasteiger partial charge < -0.3 is 15.5 Å². The van der Waals surface area contributed by atoms with Gasteiger partial charge in [0.25, 0.3) is 5.91 Å². The third-order valence-corrected chi connectivity index (χ3v) is 3.14. The molecule has 0 aliphatic rings. The van der Waals surface area contributed by atoms with Crippen molar-refractivity contribution in [2.75, 3.05) is 6.61 Å². The molecule has 0 aliphatic carbocycles. The molecule has 21 heavy (non-hydrogen) atoms. The van der Waals surface area contributed by atoms with E-state index in [2.05, 4.69) is 5.32 Å². The number of nitrogens with one attached hydrogen (secondary N) is 1. The quantitative estimate of drug-likeness (QED) is 0.780. The molecule has 0 aromatic heterocycles. The maximum absolute atomic E-state index is 13.7. The number of halogens is 1. The summed E-state index contributed by atoms with van der Waals surface area (Å²) in [6, 6.07) is 7.74. The molecule has 6 heteroatoms. The fourth-order valence-electron chi connectivity index (χ4n) is 2.08. The van der Waals surface area contributed by atoms with Crippen LogP contribution >= 0.6 is 0 Å². The van der Waals surface area contributed by atoms with Crippen LogP contribution in [0.5, 0.6) is 0 Å². The number of hydrogen-bond donors (Lipinski definition) is 3. The van der Waals surface area contributed by atoms with Crippen LogP contribution in [0.2, 0.25) is 0 Å². The predicted octanol–water partition coefficient (Wildman–Crippen LogP) is 1.54. The van der Waals surface area contributed by atoms with Crippen molar-refractivity contribution in [3.8, 4) is 0 Å². The summed E-state index contributed by atoms with van der Waals surface area (Å²) in [6.07, 6.45) is -0.0970. The highest BCUT2D eigenvalue weighted by molar-refractivity contribution is 6.08. The third kappa shape index (κ3) is 3.17. The van der Waals surface area contributed by atoms with Crippen molar-refractivity contribution in [3.63, 3.8) is 0 Å². The molecular formula is C15H14FNO4. The zero-order valence-electron chi connectivity index (χ0n) is 11.0. The molecular weight excluding hydrogens is 277 g/mol. The van der Waals surface area contributed by atoms with E-state index in [0.717, 1.165) is 0 Å². The van der Waals surface area contributed by atoms with Crippen molar-refractivity contribution in [2.45, 2.75) is 12.5 Å². The molecule has 0 fully saturated rings. The molecule has 1 atom stereocenters. The van der Waals surface area contributed by atoms with Crippen molar-refractivity contribution in [1.29, 1.82) is 0 Å². The number of carbonyl (C=O) groups is 2. The van der Waals surface area contributed by atoms with Crippen LogP contribution in [0.1, 0.15) is 16.8 Å². The summed E-state index contributed by atoms with van der Waals surface area (Å²) < 4.78 is 13.7. The van der Waals surface area contributed by atoms with Crippen molar-refractivity contribution in [3.05, 3.63) is 47.8 Å². The van der Waals surface area contributed by atoms with Crippen LogP contribution < -0.4 is 5.32 Å². The van der Waals surface area contributed by atoms with Gasteiger partial charge in [-0.1, -0.05) is 24.3 Å². The maximum Gasteiger partial charge on any atom is 0.326 e. The lowest BCUT2D eigenvalue weighted by Crippen LogP contribution is -2.41. The van der Waals surface area contributed by atoms with Crippen LogP contribution in [0, 0.1) is 5.82 Å². The Labute approximate surface area is 120 Å². The third-order valence-electron chi connectivity index (χ3n) is 3.14. The highest BCUT2D eigenvalue weighted by Crippen LogP contribution is 2.21. The number of benzene rings is 2. The number of hydrogen-bond acceptors (Lipinski definition) is 3. The molecule has 110 valence electrons. The standard InChI is InChI=1S/C15H14FNO4/c16-12-6-5-11(9-3-1-2-4-10(9)12)14(19)17-13(7-8-18)15(20)21/h1-6,13,18H,7-8H2,(H,17,19)(H,20,21). The lowest BCUT2D eigenvalue weighted by Gasteiger charge is -2.14. The summed E-state index contributed by atoms with van der Waals surface area (Å²) in [5.74, 6) is -2.30. The first-order valence-corrected chi connectivity index (χ1v) is 6.36. The second kappa shape index (κ2) is 6.32. The Kier molecular flexibility index (Phi) is 4.49. The minimum Gasteiger partial charge on any atom is -0.480 e. The van der Waals surface area contributed by atoms with Gasteiger partial charge in [-0.2, -0.15) is 0 Å². The largest absolute Gasteiger partial charge is 0.480 e. The molecule has 2 rings (SSSR count). The average Bonchev–Trinajstić information content (AvgIpc) is 2.47. The number of amides is 1. The Morgan fingerprint density at radius 1 is 1.14 bits per heavy atom. The highest BCUT2D eigenvalue weighted by Gasteiger charge is 2.21. The van der Waals surface area contributed by atoms with E-state index in [0.29, 0.717) is 10.8 Å². The molecule has 1 unspecified atom stereocenters. The molecule has 0 radical (unpaired) electrons. The van der Waals surface area contributed by atoms with Gasteiger partial charge in [0.1, 0.15) is 11.9 Å². The Hall–Kier alpha value is -2.47. The summed E-state index contributed by atoms with van der Waals surface area (Å²) in [4.78, 5) is 23.2. The lowest BCUT2D eigenvalue weighted by atomic mass is 10.0. The van der Waals surface area contributed by atoms with E-state index in [-0.39, 0.29) is 18.6 Å². The number of rotatable bonds is 5. The Balaban J connectivity index is 2.36. The van der Waals surface area contributed by atoms with Crippen LogP contribution in [0.25, 0.3) is 10.8 Å². The van der Waals surface area contributed by atoms with Crippen molar-refractivity contribution in [1.82, 2.24) is 5.32 Å². The molecule has 0 aliphatic heterocycles. The first-order valence-electron chi connectivity index (χ1n) is 6.36. The minimum absolute atomic E-state index is 0.0970. The molecule has 0 spiro atoms. The minimum atomic E-state index is -1.23. The summed E-state index contributed by atoms with van der Waals surface area (Å²) >= 11 is 0. The van der Waals surface area contributed by atoms with Crippen LogP contribution in [-0.2, 0) is 4.79 Å².